The molecule has 24 heavy (non-hydrogen) atoms. The molecular formula is C18H21N3O3. The summed E-state index contributed by atoms with van der Waals surface area (Å²) in [5.41, 5.74) is 0.697. The number of piperidine rings is 1. The molecule has 6 nitrogen and oxygen atoms in total. The summed E-state index contributed by atoms with van der Waals surface area (Å²) in [6.07, 6.45) is 4.76. The third kappa shape index (κ3) is 2.94. The van der Waals surface area contributed by atoms with Gasteiger partial charge in [-0.25, -0.2) is 0 Å². The van der Waals surface area contributed by atoms with Crippen molar-refractivity contribution in [1.82, 2.24) is 15.1 Å². The van der Waals surface area contributed by atoms with Crippen LogP contribution in [0.4, 0.5) is 0 Å². The maximum absolute atomic E-state index is 12.9. The zero-order valence-corrected chi connectivity index (χ0v) is 13.6. The van der Waals surface area contributed by atoms with Crippen LogP contribution >= 0.6 is 0 Å². The van der Waals surface area contributed by atoms with E-state index in [9.17, 15) is 4.79 Å². The van der Waals surface area contributed by atoms with Gasteiger partial charge in [0.1, 0.15) is 12.1 Å². The summed E-state index contributed by atoms with van der Waals surface area (Å²) in [6.45, 7) is 1.46. The number of carbonyl (C=O) groups is 1. The molecule has 3 heterocycles. The summed E-state index contributed by atoms with van der Waals surface area (Å²) in [5, 5.41) is 8.38. The quantitative estimate of drug-likeness (QED) is 0.865. The highest BCUT2D eigenvalue weighted by atomic mass is 16.5. The van der Waals surface area contributed by atoms with Crippen LogP contribution in [0.1, 0.15) is 66.4 Å². The second-order valence-electron chi connectivity index (χ2n) is 6.36. The Hall–Kier alpha value is -2.21. The molecule has 1 aromatic heterocycles. The highest BCUT2D eigenvalue weighted by Crippen LogP contribution is 2.34. The third-order valence-electron chi connectivity index (χ3n) is 4.73. The molecule has 126 valence electrons. The number of ether oxygens (including phenoxy) is 1. The number of rotatable bonds is 3. The maximum atomic E-state index is 12.9. The normalized spacial score (nSPS) is 24.2. The second-order valence-corrected chi connectivity index (χ2v) is 6.36. The molecule has 0 aliphatic carbocycles. The van der Waals surface area contributed by atoms with Crippen molar-refractivity contribution in [3.8, 4) is 0 Å². The number of hydrogen-bond donors (Lipinski definition) is 0. The molecule has 0 bridgehead atoms. The van der Waals surface area contributed by atoms with E-state index in [0.29, 0.717) is 17.3 Å². The van der Waals surface area contributed by atoms with Crippen LogP contribution in [0.3, 0.4) is 0 Å². The van der Waals surface area contributed by atoms with Crippen LogP contribution in [0.5, 0.6) is 0 Å². The monoisotopic (exact) mass is 327 g/mol. The Balaban J connectivity index is 1.57. The molecule has 2 fully saturated rings. The molecular weight excluding hydrogens is 306 g/mol. The second kappa shape index (κ2) is 6.73. The van der Waals surface area contributed by atoms with Crippen LogP contribution in [0, 0.1) is 0 Å². The Bertz CT molecular complexity index is 695. The summed E-state index contributed by atoms with van der Waals surface area (Å²) in [6, 6.07) is 9.23. The number of hydrogen-bond acceptors (Lipinski definition) is 5. The topological polar surface area (TPSA) is 68.5 Å². The van der Waals surface area contributed by atoms with Crippen LogP contribution < -0.4 is 0 Å². The lowest BCUT2D eigenvalue weighted by atomic mass is 10.0. The number of benzene rings is 1. The van der Waals surface area contributed by atoms with Crippen molar-refractivity contribution < 1.29 is 13.9 Å². The van der Waals surface area contributed by atoms with Crippen LogP contribution in [0.2, 0.25) is 0 Å². The van der Waals surface area contributed by atoms with Crippen molar-refractivity contribution in [2.75, 3.05) is 13.2 Å². The minimum atomic E-state index is -0.144. The van der Waals surface area contributed by atoms with Crippen LogP contribution in [-0.2, 0) is 4.74 Å². The number of nitrogens with zero attached hydrogens (tertiary/aromatic N) is 3. The number of carbonyl (C=O) groups excluding carboxylic acids is 1. The SMILES string of the molecule is O=C(c1ccccc1)N1CCCC[C@H]1c1nnc([C@H]2CCCO2)o1. The fraction of sp³-hybridized carbons (Fsp3) is 0.500. The highest BCUT2D eigenvalue weighted by molar-refractivity contribution is 5.94. The van der Waals surface area contributed by atoms with Gasteiger partial charge in [-0.2, -0.15) is 0 Å². The standard InChI is InChI=1S/C18H21N3O3/c22-18(13-7-2-1-3-8-13)21-11-5-4-9-14(21)16-19-20-17(24-16)15-10-6-12-23-15/h1-3,7-8,14-15H,4-6,9-12H2/t14-,15+/m0/s1. The molecule has 2 saturated heterocycles. The first-order valence-electron chi connectivity index (χ1n) is 8.64. The van der Waals surface area contributed by atoms with Gasteiger partial charge in [0.05, 0.1) is 0 Å². The lowest BCUT2D eigenvalue weighted by Crippen LogP contribution is -2.38. The molecule has 0 saturated carbocycles. The lowest BCUT2D eigenvalue weighted by Gasteiger charge is -2.33. The fourth-order valence-electron chi connectivity index (χ4n) is 3.46. The molecule has 1 aromatic carbocycles. The summed E-state index contributed by atoms with van der Waals surface area (Å²) in [5.74, 6) is 1.10. The molecule has 4 rings (SSSR count). The molecule has 0 spiro atoms. The summed E-state index contributed by atoms with van der Waals surface area (Å²) >= 11 is 0. The van der Waals surface area contributed by atoms with E-state index in [2.05, 4.69) is 10.2 Å². The Labute approximate surface area is 140 Å². The molecule has 0 N–H and O–H groups in total. The van der Waals surface area contributed by atoms with E-state index < -0.39 is 0 Å². The first-order valence-corrected chi connectivity index (χ1v) is 8.64. The van der Waals surface area contributed by atoms with Crippen molar-refractivity contribution in [3.05, 3.63) is 47.7 Å². The molecule has 2 atom stereocenters. The minimum Gasteiger partial charge on any atom is -0.420 e. The summed E-state index contributed by atoms with van der Waals surface area (Å²) < 4.78 is 11.5. The van der Waals surface area contributed by atoms with Gasteiger partial charge in [-0.05, 0) is 44.2 Å². The fourth-order valence-corrected chi connectivity index (χ4v) is 3.46. The largest absolute Gasteiger partial charge is 0.420 e. The van der Waals surface area contributed by atoms with Gasteiger partial charge in [0.25, 0.3) is 5.91 Å². The third-order valence-corrected chi connectivity index (χ3v) is 4.73. The first-order chi connectivity index (χ1) is 11.8. The zero-order valence-electron chi connectivity index (χ0n) is 13.6. The molecule has 0 unspecified atom stereocenters. The van der Waals surface area contributed by atoms with Gasteiger partial charge in [-0.1, -0.05) is 18.2 Å². The van der Waals surface area contributed by atoms with E-state index in [1.54, 1.807) is 0 Å². The van der Waals surface area contributed by atoms with E-state index in [1.165, 1.54) is 0 Å². The summed E-state index contributed by atoms with van der Waals surface area (Å²) in [4.78, 5) is 14.7. The van der Waals surface area contributed by atoms with Gasteiger partial charge < -0.3 is 14.1 Å². The minimum absolute atomic E-state index is 0.0252. The predicted octanol–water partition coefficient (Wildman–Crippen LogP) is 3.29. The van der Waals surface area contributed by atoms with E-state index in [4.69, 9.17) is 9.15 Å². The first kappa shape index (κ1) is 15.3. The average molecular weight is 327 g/mol. The molecule has 1 amide bonds. The Morgan fingerprint density at radius 1 is 1.04 bits per heavy atom. The van der Waals surface area contributed by atoms with E-state index in [0.717, 1.165) is 45.3 Å². The van der Waals surface area contributed by atoms with Crippen LogP contribution in [0.25, 0.3) is 0 Å². The van der Waals surface area contributed by atoms with E-state index >= 15 is 0 Å². The van der Waals surface area contributed by atoms with Crippen LogP contribution in [0.15, 0.2) is 34.7 Å². The smallest absolute Gasteiger partial charge is 0.254 e. The van der Waals surface area contributed by atoms with Gasteiger partial charge in [0.15, 0.2) is 0 Å². The molecule has 0 radical (unpaired) electrons. The van der Waals surface area contributed by atoms with E-state index in [1.807, 2.05) is 35.2 Å². The van der Waals surface area contributed by atoms with Gasteiger partial charge >= 0.3 is 0 Å². The van der Waals surface area contributed by atoms with Crippen molar-refractivity contribution in [2.45, 2.75) is 44.2 Å². The average Bonchev–Trinajstić information content (AvgIpc) is 3.33. The van der Waals surface area contributed by atoms with Crippen molar-refractivity contribution in [2.24, 2.45) is 0 Å². The molecule has 2 aromatic rings. The van der Waals surface area contributed by atoms with Crippen molar-refractivity contribution in [1.29, 1.82) is 0 Å². The lowest BCUT2D eigenvalue weighted by molar-refractivity contribution is 0.0549. The van der Waals surface area contributed by atoms with E-state index in [-0.39, 0.29) is 18.1 Å². The molecule has 2 aliphatic rings. The van der Waals surface area contributed by atoms with Gasteiger partial charge in [-0.3, -0.25) is 4.79 Å². The van der Waals surface area contributed by atoms with Gasteiger partial charge in [-0.15, -0.1) is 10.2 Å². The number of amides is 1. The Morgan fingerprint density at radius 2 is 1.88 bits per heavy atom. The summed E-state index contributed by atoms with van der Waals surface area (Å²) in [7, 11) is 0. The van der Waals surface area contributed by atoms with Gasteiger partial charge in [0, 0.05) is 18.7 Å². The van der Waals surface area contributed by atoms with Crippen molar-refractivity contribution >= 4 is 5.91 Å². The number of aromatic nitrogens is 2. The zero-order chi connectivity index (χ0) is 16.4. The molecule has 6 heteroatoms. The number of likely N-dealkylation sites (tertiary alicyclic amines) is 1. The molecule has 2 aliphatic heterocycles. The van der Waals surface area contributed by atoms with Gasteiger partial charge in [0.2, 0.25) is 11.8 Å². The van der Waals surface area contributed by atoms with Crippen LogP contribution in [-0.4, -0.2) is 34.2 Å². The Morgan fingerprint density at radius 3 is 2.67 bits per heavy atom. The predicted molar refractivity (Wildman–Crippen MR) is 86.3 cm³/mol. The Kier molecular flexibility index (Phi) is 4.30. The maximum Gasteiger partial charge on any atom is 0.254 e. The van der Waals surface area contributed by atoms with Crippen molar-refractivity contribution in [3.63, 3.8) is 0 Å². The highest BCUT2D eigenvalue weighted by Gasteiger charge is 2.33.